The predicted octanol–water partition coefficient (Wildman–Crippen LogP) is 3.49. The van der Waals surface area contributed by atoms with Crippen molar-refractivity contribution in [3.63, 3.8) is 0 Å². The van der Waals surface area contributed by atoms with Crippen LogP contribution in [-0.4, -0.2) is 54.2 Å². The molecule has 1 saturated carbocycles. The molecule has 3 fully saturated rings. The summed E-state index contributed by atoms with van der Waals surface area (Å²) in [6, 6.07) is 3.85. The molecule has 1 amide bonds. The van der Waals surface area contributed by atoms with Crippen molar-refractivity contribution in [3.05, 3.63) is 23.9 Å². The van der Waals surface area contributed by atoms with Crippen LogP contribution in [0.1, 0.15) is 62.2 Å². The Kier molecular flexibility index (Phi) is 5.44. The van der Waals surface area contributed by atoms with Crippen LogP contribution in [0.25, 0.3) is 0 Å². The molecule has 5 heteroatoms. The van der Waals surface area contributed by atoms with Crippen molar-refractivity contribution in [2.24, 2.45) is 5.92 Å². The molecule has 0 spiro atoms. The van der Waals surface area contributed by atoms with Gasteiger partial charge < -0.3 is 14.5 Å². The van der Waals surface area contributed by atoms with E-state index in [2.05, 4.69) is 16.8 Å². The van der Waals surface area contributed by atoms with Crippen LogP contribution >= 0.6 is 0 Å². The van der Waals surface area contributed by atoms with Gasteiger partial charge in [-0.15, -0.1) is 0 Å². The molecular formula is C21H31N3O2. The highest BCUT2D eigenvalue weighted by molar-refractivity contribution is 5.95. The monoisotopic (exact) mass is 357 g/mol. The minimum Gasteiger partial charge on any atom is -0.371 e. The lowest BCUT2D eigenvalue weighted by molar-refractivity contribution is -0.0411. The van der Waals surface area contributed by atoms with Crippen LogP contribution < -0.4 is 4.90 Å². The standard InChI is InChI=1S/C21H31N3O2/c1-2-3-6-18-14-24(15-19(26-18)16-7-8-16)20-13-17(9-10-22-20)21(25)23-11-4-5-12-23/h9-10,13,16,18-19H,2-8,11-12,14-15H2,1H3/t18-,19-/m1/s1. The molecule has 0 aromatic carbocycles. The fraction of sp³-hybridized carbons (Fsp3) is 0.714. The molecule has 2 atom stereocenters. The van der Waals surface area contributed by atoms with Crippen molar-refractivity contribution in [1.29, 1.82) is 0 Å². The summed E-state index contributed by atoms with van der Waals surface area (Å²) >= 11 is 0. The molecule has 2 aliphatic heterocycles. The normalized spacial score (nSPS) is 26.3. The Hall–Kier alpha value is -1.62. The smallest absolute Gasteiger partial charge is 0.254 e. The van der Waals surface area contributed by atoms with Crippen LogP contribution in [0.2, 0.25) is 0 Å². The maximum Gasteiger partial charge on any atom is 0.254 e. The van der Waals surface area contributed by atoms with Gasteiger partial charge in [0.1, 0.15) is 5.82 Å². The van der Waals surface area contributed by atoms with Crippen LogP contribution in [0.15, 0.2) is 18.3 Å². The average molecular weight is 357 g/mol. The first kappa shape index (κ1) is 17.8. The number of unbranched alkanes of at least 4 members (excludes halogenated alkanes) is 1. The van der Waals surface area contributed by atoms with Crippen molar-refractivity contribution < 1.29 is 9.53 Å². The molecule has 0 radical (unpaired) electrons. The number of anilines is 1. The maximum atomic E-state index is 12.7. The van der Waals surface area contributed by atoms with Gasteiger partial charge in [0.25, 0.3) is 5.91 Å². The van der Waals surface area contributed by atoms with E-state index in [0.717, 1.165) is 62.7 Å². The van der Waals surface area contributed by atoms with Crippen molar-refractivity contribution in [2.45, 2.75) is 64.1 Å². The zero-order chi connectivity index (χ0) is 17.9. The third kappa shape index (κ3) is 4.03. The molecule has 1 aliphatic carbocycles. The van der Waals surface area contributed by atoms with Crippen LogP contribution in [0, 0.1) is 5.92 Å². The summed E-state index contributed by atoms with van der Waals surface area (Å²) in [6.45, 7) is 5.79. The Bertz CT molecular complexity index is 625. The van der Waals surface area contributed by atoms with E-state index < -0.39 is 0 Å². The number of rotatable bonds is 6. The molecule has 0 N–H and O–H groups in total. The third-order valence-corrected chi connectivity index (χ3v) is 5.93. The van der Waals surface area contributed by atoms with Crippen molar-refractivity contribution in [2.75, 3.05) is 31.1 Å². The molecule has 3 aliphatic rings. The average Bonchev–Trinajstić information content (AvgIpc) is 3.40. The first-order valence-corrected chi connectivity index (χ1v) is 10.4. The van der Waals surface area contributed by atoms with Gasteiger partial charge in [0.15, 0.2) is 0 Å². The molecular weight excluding hydrogens is 326 g/mol. The summed E-state index contributed by atoms with van der Waals surface area (Å²) in [5.74, 6) is 1.81. The number of hydrogen-bond donors (Lipinski definition) is 0. The van der Waals surface area contributed by atoms with Gasteiger partial charge in [-0.2, -0.15) is 0 Å². The highest BCUT2D eigenvalue weighted by Crippen LogP contribution is 2.38. The number of carbonyl (C=O) groups excluding carboxylic acids is 1. The van der Waals surface area contributed by atoms with Crippen LogP contribution in [0.3, 0.4) is 0 Å². The van der Waals surface area contributed by atoms with Crippen molar-refractivity contribution in [3.8, 4) is 0 Å². The fourth-order valence-electron chi connectivity index (χ4n) is 4.20. The summed E-state index contributed by atoms with van der Waals surface area (Å²) in [6.07, 6.45) is 10.7. The quantitative estimate of drug-likeness (QED) is 0.782. The minimum absolute atomic E-state index is 0.153. The first-order valence-electron chi connectivity index (χ1n) is 10.4. The molecule has 2 saturated heterocycles. The van der Waals surface area contributed by atoms with Gasteiger partial charge in [0.05, 0.1) is 12.2 Å². The van der Waals surface area contributed by atoms with Gasteiger partial charge in [-0.1, -0.05) is 19.8 Å². The van der Waals surface area contributed by atoms with E-state index in [0.29, 0.717) is 6.10 Å². The van der Waals surface area contributed by atoms with Gasteiger partial charge in [-0.05, 0) is 50.2 Å². The lowest BCUT2D eigenvalue weighted by Gasteiger charge is -2.39. The Morgan fingerprint density at radius 1 is 1.27 bits per heavy atom. The second-order valence-corrected chi connectivity index (χ2v) is 8.08. The zero-order valence-corrected chi connectivity index (χ0v) is 15.9. The Balaban J connectivity index is 1.49. The van der Waals surface area contributed by atoms with Crippen molar-refractivity contribution in [1.82, 2.24) is 9.88 Å². The van der Waals surface area contributed by atoms with E-state index in [1.165, 1.54) is 25.7 Å². The van der Waals surface area contributed by atoms with E-state index >= 15 is 0 Å². The number of nitrogens with zero attached hydrogens (tertiary/aromatic N) is 3. The van der Waals surface area contributed by atoms with Crippen LogP contribution in [0.5, 0.6) is 0 Å². The topological polar surface area (TPSA) is 45.7 Å². The van der Waals surface area contributed by atoms with E-state index in [9.17, 15) is 4.79 Å². The number of amides is 1. The SMILES string of the molecule is CCCC[C@@H]1CN(c2cc(C(=O)N3CCCC3)ccn2)C[C@H](C2CC2)O1. The third-order valence-electron chi connectivity index (χ3n) is 5.93. The summed E-state index contributed by atoms with van der Waals surface area (Å²) < 4.78 is 6.38. The largest absolute Gasteiger partial charge is 0.371 e. The second-order valence-electron chi connectivity index (χ2n) is 8.08. The van der Waals surface area contributed by atoms with Crippen LogP contribution in [-0.2, 0) is 4.74 Å². The van der Waals surface area contributed by atoms with Gasteiger partial charge in [-0.3, -0.25) is 4.79 Å². The Labute approximate surface area is 156 Å². The number of carbonyl (C=O) groups is 1. The molecule has 0 bridgehead atoms. The summed E-state index contributed by atoms with van der Waals surface area (Å²) in [7, 11) is 0. The Morgan fingerprint density at radius 2 is 2.08 bits per heavy atom. The first-order chi connectivity index (χ1) is 12.7. The van der Waals surface area contributed by atoms with Gasteiger partial charge in [-0.25, -0.2) is 4.98 Å². The molecule has 26 heavy (non-hydrogen) atoms. The van der Waals surface area contributed by atoms with E-state index in [-0.39, 0.29) is 12.0 Å². The molecule has 0 unspecified atom stereocenters. The fourth-order valence-corrected chi connectivity index (χ4v) is 4.20. The molecule has 1 aromatic heterocycles. The lowest BCUT2D eigenvalue weighted by atomic mass is 10.1. The number of pyridine rings is 1. The molecule has 5 nitrogen and oxygen atoms in total. The van der Waals surface area contributed by atoms with E-state index in [1.54, 1.807) is 6.20 Å². The molecule has 3 heterocycles. The molecule has 1 aromatic rings. The summed E-state index contributed by atoms with van der Waals surface area (Å²) in [5, 5.41) is 0. The maximum absolute atomic E-state index is 12.7. The number of likely N-dealkylation sites (tertiary alicyclic amines) is 1. The van der Waals surface area contributed by atoms with Gasteiger partial charge in [0.2, 0.25) is 0 Å². The molecule has 4 rings (SSSR count). The van der Waals surface area contributed by atoms with Gasteiger partial charge in [0, 0.05) is 37.9 Å². The number of morpholine rings is 1. The minimum atomic E-state index is 0.153. The van der Waals surface area contributed by atoms with Crippen molar-refractivity contribution >= 4 is 11.7 Å². The highest BCUT2D eigenvalue weighted by Gasteiger charge is 2.38. The second kappa shape index (κ2) is 7.95. The summed E-state index contributed by atoms with van der Waals surface area (Å²) in [4.78, 5) is 21.6. The van der Waals surface area contributed by atoms with Crippen LogP contribution in [0.4, 0.5) is 5.82 Å². The Morgan fingerprint density at radius 3 is 2.81 bits per heavy atom. The van der Waals surface area contributed by atoms with E-state index in [1.807, 2.05) is 17.0 Å². The zero-order valence-electron chi connectivity index (χ0n) is 15.9. The lowest BCUT2D eigenvalue weighted by Crippen LogP contribution is -2.49. The number of aromatic nitrogens is 1. The molecule has 142 valence electrons. The number of ether oxygens (including phenoxy) is 1. The number of hydrogen-bond acceptors (Lipinski definition) is 4. The van der Waals surface area contributed by atoms with Gasteiger partial charge >= 0.3 is 0 Å². The predicted molar refractivity (Wildman–Crippen MR) is 102 cm³/mol. The highest BCUT2D eigenvalue weighted by atomic mass is 16.5. The summed E-state index contributed by atoms with van der Waals surface area (Å²) in [5.41, 5.74) is 0.775. The van der Waals surface area contributed by atoms with E-state index in [4.69, 9.17) is 4.74 Å².